The molecule has 0 aliphatic heterocycles. The number of aryl methyl sites for hydroxylation is 1. The number of hydrogen-bond acceptors (Lipinski definition) is 3. The van der Waals surface area contributed by atoms with Crippen LogP contribution in [0.25, 0.3) is 0 Å². The number of hydrogen-bond donors (Lipinski definition) is 3. The minimum Gasteiger partial charge on any atom is -0.393 e. The largest absolute Gasteiger partial charge is 0.393 e. The smallest absolute Gasteiger partial charge is 0.219 e. The minimum absolute atomic E-state index is 0. The molecule has 4 N–H and O–H groups in total. The van der Waals surface area contributed by atoms with E-state index < -0.39 is 0 Å². The van der Waals surface area contributed by atoms with E-state index in [1.165, 1.54) is 49.7 Å². The van der Waals surface area contributed by atoms with Crippen LogP contribution < -0.4 is 11.1 Å². The van der Waals surface area contributed by atoms with Crippen LogP contribution in [0.5, 0.6) is 0 Å². The third kappa shape index (κ3) is 17.7. The maximum Gasteiger partial charge on any atom is 0.219 e. The fourth-order valence-corrected chi connectivity index (χ4v) is 4.34. The molecule has 1 aromatic rings. The first kappa shape index (κ1) is 33.6. The van der Waals surface area contributed by atoms with Gasteiger partial charge in [0.05, 0.1) is 6.10 Å². The third-order valence-corrected chi connectivity index (χ3v) is 6.40. The van der Waals surface area contributed by atoms with Crippen molar-refractivity contribution in [3.8, 4) is 0 Å². The maximum atomic E-state index is 12.1. The average Bonchev–Trinajstić information content (AvgIpc) is 2.80. The molecule has 0 fully saturated rings. The molecule has 0 aliphatic carbocycles. The summed E-state index contributed by atoms with van der Waals surface area (Å²) in [5.74, 6) is 0.170. The van der Waals surface area contributed by atoms with Gasteiger partial charge in [-0.1, -0.05) is 88.3 Å². The molecular formula is C30H53ClN2O2. The minimum atomic E-state index is -0.341. The molecule has 1 atom stereocenters. The lowest BCUT2D eigenvalue weighted by molar-refractivity contribution is -0.121. The van der Waals surface area contributed by atoms with Crippen LogP contribution in [-0.2, 0) is 16.8 Å². The lowest BCUT2D eigenvalue weighted by atomic mass is 9.89. The number of benzene rings is 1. The van der Waals surface area contributed by atoms with Crippen LogP contribution in [0.15, 0.2) is 36.4 Å². The first-order valence-electron chi connectivity index (χ1n) is 13.8. The van der Waals surface area contributed by atoms with Crippen molar-refractivity contribution in [1.29, 1.82) is 0 Å². The van der Waals surface area contributed by atoms with Crippen LogP contribution in [0, 0.1) is 0 Å². The molecule has 0 heterocycles. The van der Waals surface area contributed by atoms with E-state index in [9.17, 15) is 9.90 Å². The lowest BCUT2D eigenvalue weighted by Gasteiger charge is -2.23. The van der Waals surface area contributed by atoms with Gasteiger partial charge in [-0.2, -0.15) is 0 Å². The molecule has 0 unspecified atom stereocenters. The van der Waals surface area contributed by atoms with E-state index in [2.05, 4.69) is 42.6 Å². The van der Waals surface area contributed by atoms with Crippen LogP contribution >= 0.6 is 12.4 Å². The van der Waals surface area contributed by atoms with Crippen LogP contribution in [0.3, 0.4) is 0 Å². The zero-order valence-corrected chi connectivity index (χ0v) is 23.5. The quantitative estimate of drug-likeness (QED) is 0.127. The maximum absolute atomic E-state index is 12.1. The van der Waals surface area contributed by atoms with Gasteiger partial charge < -0.3 is 16.2 Å². The van der Waals surface area contributed by atoms with Crippen LogP contribution in [0.2, 0.25) is 0 Å². The van der Waals surface area contributed by atoms with Crippen molar-refractivity contribution in [2.24, 2.45) is 5.73 Å². The molecule has 0 spiro atoms. The van der Waals surface area contributed by atoms with E-state index in [1.807, 2.05) is 19.9 Å². The van der Waals surface area contributed by atoms with Crippen molar-refractivity contribution in [2.75, 3.05) is 6.54 Å². The molecule has 35 heavy (non-hydrogen) atoms. The Hall–Kier alpha value is -1.36. The van der Waals surface area contributed by atoms with Gasteiger partial charge >= 0.3 is 0 Å². The summed E-state index contributed by atoms with van der Waals surface area (Å²) < 4.78 is 0. The molecule has 5 heteroatoms. The zero-order valence-electron chi connectivity index (χ0n) is 22.7. The lowest BCUT2D eigenvalue weighted by Crippen LogP contribution is -2.30. The highest BCUT2D eigenvalue weighted by Gasteiger charge is 2.17. The van der Waals surface area contributed by atoms with Gasteiger partial charge in [0.2, 0.25) is 5.91 Å². The van der Waals surface area contributed by atoms with Crippen molar-refractivity contribution in [2.45, 2.75) is 129 Å². The Balaban J connectivity index is 0.0000116. The number of unbranched alkanes of at least 4 members (excludes halogenated alkanes) is 8. The standard InChI is InChI=1S/C30H52N2O2.ClH/c1-4-5-6-13-21-27(33)22-14-11-9-7-8-10-12-15-24-29(34)32-25-18-20-26-19-16-17-23-28(26)30(2,3)31;/h11,14,16-17,19,23,27,33H,4-10,12-13,15,18,20-22,24-25,31H2,1-3H3,(H,32,34);1H/b14-11-;/t27-;/m1./s1. The molecule has 0 aromatic heterocycles. The van der Waals surface area contributed by atoms with Crippen molar-refractivity contribution in [1.82, 2.24) is 5.32 Å². The molecule has 0 radical (unpaired) electrons. The van der Waals surface area contributed by atoms with Crippen LogP contribution in [0.4, 0.5) is 0 Å². The van der Waals surface area contributed by atoms with E-state index in [1.54, 1.807) is 0 Å². The first-order valence-corrected chi connectivity index (χ1v) is 13.8. The Labute approximate surface area is 221 Å². The summed E-state index contributed by atoms with van der Waals surface area (Å²) in [4.78, 5) is 12.1. The van der Waals surface area contributed by atoms with Gasteiger partial charge in [0.1, 0.15) is 0 Å². The highest BCUT2D eigenvalue weighted by atomic mass is 35.5. The summed E-state index contributed by atoms with van der Waals surface area (Å²) in [5.41, 5.74) is 8.40. The molecule has 0 bridgehead atoms. The van der Waals surface area contributed by atoms with E-state index >= 15 is 0 Å². The summed E-state index contributed by atoms with van der Waals surface area (Å²) in [6, 6.07) is 8.33. The van der Waals surface area contributed by atoms with E-state index in [0.717, 1.165) is 57.9 Å². The van der Waals surface area contributed by atoms with Gasteiger partial charge in [-0.3, -0.25) is 4.79 Å². The number of allylic oxidation sites excluding steroid dienone is 1. The molecule has 1 amide bonds. The molecule has 0 saturated heterocycles. The molecule has 1 aromatic carbocycles. The molecule has 202 valence electrons. The topological polar surface area (TPSA) is 75.3 Å². The number of nitrogens with one attached hydrogen (secondary N) is 1. The van der Waals surface area contributed by atoms with Gasteiger partial charge in [0.25, 0.3) is 0 Å². The Kier molecular flexibility index (Phi) is 20.0. The van der Waals surface area contributed by atoms with E-state index in [-0.39, 0.29) is 30.0 Å². The van der Waals surface area contributed by atoms with Gasteiger partial charge in [0, 0.05) is 18.5 Å². The molecule has 0 saturated carbocycles. The highest BCUT2D eigenvalue weighted by Crippen LogP contribution is 2.22. The second kappa shape index (κ2) is 20.8. The van der Waals surface area contributed by atoms with Crippen molar-refractivity contribution in [3.05, 3.63) is 47.5 Å². The number of amides is 1. The SMILES string of the molecule is CCCCCC[C@@H](O)C/C=C\CCCCCCCC(=O)NCCCc1ccccc1C(C)(C)N.Cl. The number of nitrogens with two attached hydrogens (primary N) is 1. The zero-order chi connectivity index (χ0) is 25.1. The fraction of sp³-hybridized carbons (Fsp3) is 0.700. The Morgan fingerprint density at radius 2 is 1.69 bits per heavy atom. The fourth-order valence-electron chi connectivity index (χ4n) is 4.34. The monoisotopic (exact) mass is 508 g/mol. The Bertz CT molecular complexity index is 685. The predicted octanol–water partition coefficient (Wildman–Crippen LogP) is 7.36. The Morgan fingerprint density at radius 3 is 2.43 bits per heavy atom. The summed E-state index contributed by atoms with van der Waals surface area (Å²) in [6.07, 6.45) is 20.1. The number of carbonyl (C=O) groups excluding carboxylic acids is 1. The predicted molar refractivity (Wildman–Crippen MR) is 153 cm³/mol. The summed E-state index contributed by atoms with van der Waals surface area (Å²) in [6.45, 7) is 7.00. The van der Waals surface area contributed by atoms with Crippen LogP contribution in [0.1, 0.15) is 122 Å². The van der Waals surface area contributed by atoms with Crippen molar-refractivity contribution < 1.29 is 9.90 Å². The van der Waals surface area contributed by atoms with Crippen LogP contribution in [-0.4, -0.2) is 23.7 Å². The first-order chi connectivity index (χ1) is 16.3. The normalized spacial score (nSPS) is 12.5. The average molecular weight is 509 g/mol. The Morgan fingerprint density at radius 1 is 1.00 bits per heavy atom. The van der Waals surface area contributed by atoms with Gasteiger partial charge in [0.15, 0.2) is 0 Å². The second-order valence-corrected chi connectivity index (χ2v) is 10.3. The summed E-state index contributed by atoms with van der Waals surface area (Å²) in [5, 5.41) is 13.0. The molecule has 1 rings (SSSR count). The second-order valence-electron chi connectivity index (χ2n) is 10.3. The van der Waals surface area contributed by atoms with E-state index in [0.29, 0.717) is 6.42 Å². The molecule has 4 nitrogen and oxygen atoms in total. The number of aliphatic hydroxyl groups excluding tert-OH is 1. The number of rotatable bonds is 20. The number of carbonyl (C=O) groups is 1. The molecule has 0 aliphatic rings. The summed E-state index contributed by atoms with van der Waals surface area (Å²) in [7, 11) is 0. The van der Waals surface area contributed by atoms with Gasteiger partial charge in [-0.25, -0.2) is 0 Å². The van der Waals surface area contributed by atoms with Gasteiger partial charge in [-0.05, 0) is 69.9 Å². The van der Waals surface area contributed by atoms with Crippen molar-refractivity contribution >= 4 is 18.3 Å². The third-order valence-electron chi connectivity index (χ3n) is 6.40. The van der Waals surface area contributed by atoms with Crippen molar-refractivity contribution in [3.63, 3.8) is 0 Å². The highest BCUT2D eigenvalue weighted by molar-refractivity contribution is 5.85. The number of aliphatic hydroxyl groups is 1. The summed E-state index contributed by atoms with van der Waals surface area (Å²) >= 11 is 0. The number of halogens is 1. The van der Waals surface area contributed by atoms with Gasteiger partial charge in [-0.15, -0.1) is 12.4 Å². The van der Waals surface area contributed by atoms with E-state index in [4.69, 9.17) is 5.73 Å². The molecular weight excluding hydrogens is 456 g/mol.